The molecule has 1 aliphatic heterocycles. The van der Waals surface area contributed by atoms with Gasteiger partial charge < -0.3 is 21.1 Å². The Morgan fingerprint density at radius 3 is 2.33 bits per heavy atom. The average Bonchev–Trinajstić information content (AvgIpc) is 3.45. The molecule has 220 valence electrons. The second-order valence-corrected chi connectivity index (χ2v) is 12.0. The summed E-state index contributed by atoms with van der Waals surface area (Å²) in [6.07, 6.45) is 0.877. The van der Waals surface area contributed by atoms with E-state index in [0.717, 1.165) is 15.6 Å². The number of anilines is 2. The van der Waals surface area contributed by atoms with Crippen LogP contribution in [-0.2, 0) is 37.2 Å². The van der Waals surface area contributed by atoms with Crippen molar-refractivity contribution in [3.63, 3.8) is 0 Å². The summed E-state index contributed by atoms with van der Waals surface area (Å²) in [6, 6.07) is 19.4. The van der Waals surface area contributed by atoms with E-state index >= 15 is 0 Å². The second kappa shape index (κ2) is 13.4. The highest BCUT2D eigenvalue weighted by molar-refractivity contribution is 7.89. The van der Waals surface area contributed by atoms with Crippen LogP contribution in [0.5, 0.6) is 0 Å². The number of amidine groups is 1. The summed E-state index contributed by atoms with van der Waals surface area (Å²) in [5, 5.41) is 25.6. The molecule has 0 aliphatic carbocycles. The summed E-state index contributed by atoms with van der Waals surface area (Å²) < 4.78 is 27.4. The molecule has 2 atom stereocenters. The number of benzene rings is 3. The number of hydrogen-bond acceptors (Lipinski definition) is 6. The van der Waals surface area contributed by atoms with E-state index in [-0.39, 0.29) is 36.0 Å². The normalized spacial score (nSPS) is 15.9. The summed E-state index contributed by atoms with van der Waals surface area (Å²) in [6.45, 7) is 1.80. The molecule has 5 N–H and O–H groups in total. The summed E-state index contributed by atoms with van der Waals surface area (Å²) in [4.78, 5) is 37.7. The van der Waals surface area contributed by atoms with Gasteiger partial charge in [0.15, 0.2) is 0 Å². The van der Waals surface area contributed by atoms with Crippen molar-refractivity contribution < 1.29 is 27.9 Å². The van der Waals surface area contributed by atoms with E-state index in [4.69, 9.17) is 5.41 Å². The van der Waals surface area contributed by atoms with Crippen molar-refractivity contribution in [2.75, 3.05) is 17.2 Å². The molecular weight excluding hydrogens is 558 g/mol. The van der Waals surface area contributed by atoms with Crippen LogP contribution >= 0.6 is 0 Å². The molecule has 1 saturated heterocycles. The summed E-state index contributed by atoms with van der Waals surface area (Å²) >= 11 is 0. The van der Waals surface area contributed by atoms with Crippen LogP contribution in [0.3, 0.4) is 0 Å². The van der Waals surface area contributed by atoms with E-state index in [0.29, 0.717) is 24.1 Å². The van der Waals surface area contributed by atoms with Gasteiger partial charge in [0.1, 0.15) is 12.1 Å². The zero-order valence-corrected chi connectivity index (χ0v) is 23.9. The van der Waals surface area contributed by atoms with Crippen LogP contribution in [0.15, 0.2) is 83.8 Å². The van der Waals surface area contributed by atoms with Crippen molar-refractivity contribution in [2.45, 2.75) is 49.6 Å². The highest BCUT2D eigenvalue weighted by Crippen LogP contribution is 2.26. The molecule has 4 rings (SSSR count). The van der Waals surface area contributed by atoms with Crippen LogP contribution in [0.25, 0.3) is 0 Å². The van der Waals surface area contributed by atoms with E-state index in [9.17, 15) is 27.9 Å². The lowest BCUT2D eigenvalue weighted by molar-refractivity contribution is -0.142. The van der Waals surface area contributed by atoms with E-state index in [1.807, 2.05) is 6.07 Å². The van der Waals surface area contributed by atoms with Crippen LogP contribution in [0.1, 0.15) is 30.9 Å². The highest BCUT2D eigenvalue weighted by Gasteiger charge is 2.40. The van der Waals surface area contributed by atoms with E-state index in [1.165, 1.54) is 12.1 Å². The third-order valence-corrected chi connectivity index (χ3v) is 8.69. The lowest BCUT2D eigenvalue weighted by Gasteiger charge is -2.25. The molecule has 42 heavy (non-hydrogen) atoms. The van der Waals surface area contributed by atoms with E-state index in [1.54, 1.807) is 67.6 Å². The van der Waals surface area contributed by atoms with Crippen molar-refractivity contribution in [1.29, 1.82) is 5.41 Å². The van der Waals surface area contributed by atoms with Gasteiger partial charge in [0.05, 0.1) is 17.2 Å². The summed E-state index contributed by atoms with van der Waals surface area (Å²) in [5.41, 5.74) is 2.63. The minimum absolute atomic E-state index is 0.0281. The molecule has 1 fully saturated rings. The fourth-order valence-electron chi connectivity index (χ4n) is 4.81. The van der Waals surface area contributed by atoms with Crippen LogP contribution in [0.4, 0.5) is 11.4 Å². The van der Waals surface area contributed by atoms with Crippen molar-refractivity contribution >= 4 is 45.0 Å². The number of hydrogen-bond donors (Lipinski definition) is 5. The maximum absolute atomic E-state index is 13.1. The lowest BCUT2D eigenvalue weighted by atomic mass is 10.0. The fourth-order valence-corrected chi connectivity index (χ4v) is 6.49. The van der Waals surface area contributed by atoms with Gasteiger partial charge in [-0.15, -0.1) is 0 Å². The Morgan fingerprint density at radius 2 is 1.67 bits per heavy atom. The van der Waals surface area contributed by atoms with Gasteiger partial charge >= 0.3 is 5.97 Å². The molecule has 0 saturated carbocycles. The Hall–Kier alpha value is -4.55. The zero-order valence-electron chi connectivity index (χ0n) is 23.0. The number of carbonyl (C=O) groups is 3. The average molecular weight is 592 g/mol. The number of aliphatic carboxylic acids is 1. The number of amides is 2. The first kappa shape index (κ1) is 30.4. The van der Waals surface area contributed by atoms with Gasteiger partial charge in [-0.1, -0.05) is 42.5 Å². The number of carboxylic acid groups (broad SMARTS) is 1. The van der Waals surface area contributed by atoms with Gasteiger partial charge in [-0.25, -0.2) is 13.2 Å². The Balaban J connectivity index is 1.35. The van der Waals surface area contributed by atoms with Crippen LogP contribution in [0, 0.1) is 5.41 Å². The molecule has 3 aromatic rings. The maximum atomic E-state index is 13.1. The van der Waals surface area contributed by atoms with Gasteiger partial charge in [0, 0.05) is 24.3 Å². The largest absolute Gasteiger partial charge is 0.480 e. The highest BCUT2D eigenvalue weighted by atomic mass is 32.2. The third-order valence-electron chi connectivity index (χ3n) is 6.77. The molecule has 12 heteroatoms. The molecule has 3 aromatic carbocycles. The van der Waals surface area contributed by atoms with Gasteiger partial charge in [0.25, 0.3) is 0 Å². The van der Waals surface area contributed by atoms with Crippen LogP contribution < -0.4 is 16.0 Å². The van der Waals surface area contributed by atoms with Crippen molar-refractivity contribution in [1.82, 2.24) is 9.62 Å². The number of sulfonamides is 1. The number of nitrogens with zero attached hydrogens (tertiary/aromatic N) is 1. The number of carbonyl (C=O) groups excluding carboxylic acids is 2. The van der Waals surface area contributed by atoms with Gasteiger partial charge in [-0.2, -0.15) is 4.31 Å². The molecule has 1 heterocycles. The molecule has 11 nitrogen and oxygen atoms in total. The molecule has 0 radical (unpaired) electrons. The van der Waals surface area contributed by atoms with Crippen molar-refractivity contribution in [3.8, 4) is 0 Å². The molecule has 2 unspecified atom stereocenters. The first-order valence-electron chi connectivity index (χ1n) is 13.4. The molecule has 2 amide bonds. The second-order valence-electron chi connectivity index (χ2n) is 10.1. The Kier molecular flexibility index (Phi) is 9.71. The van der Waals surface area contributed by atoms with Gasteiger partial charge in [-0.05, 0) is 67.3 Å². The maximum Gasteiger partial charge on any atom is 0.326 e. The van der Waals surface area contributed by atoms with E-state index < -0.39 is 34.0 Å². The minimum Gasteiger partial charge on any atom is -0.480 e. The Bertz CT molecular complexity index is 1560. The molecule has 0 spiro atoms. The fraction of sp³-hybridized carbons (Fsp3) is 0.267. The minimum atomic E-state index is -3.91. The summed E-state index contributed by atoms with van der Waals surface area (Å²) in [7, 11) is -3.91. The molecule has 0 aromatic heterocycles. The third kappa shape index (κ3) is 7.80. The molecule has 1 aliphatic rings. The van der Waals surface area contributed by atoms with Gasteiger partial charge in [-0.3, -0.25) is 15.0 Å². The van der Waals surface area contributed by atoms with E-state index in [2.05, 4.69) is 16.0 Å². The monoisotopic (exact) mass is 591 g/mol. The smallest absolute Gasteiger partial charge is 0.326 e. The topological polar surface area (TPSA) is 169 Å². The molecule has 0 bridgehead atoms. The van der Waals surface area contributed by atoms with Crippen molar-refractivity contribution in [2.24, 2.45) is 0 Å². The predicted molar refractivity (Wildman–Crippen MR) is 159 cm³/mol. The summed E-state index contributed by atoms with van der Waals surface area (Å²) in [5.74, 6) is -1.85. The Labute approximate surface area is 244 Å². The van der Waals surface area contributed by atoms with Gasteiger partial charge in [0.2, 0.25) is 21.8 Å². The Morgan fingerprint density at radius 1 is 0.952 bits per heavy atom. The van der Waals surface area contributed by atoms with Crippen LogP contribution in [0.2, 0.25) is 0 Å². The van der Waals surface area contributed by atoms with Crippen molar-refractivity contribution in [3.05, 3.63) is 90.0 Å². The first-order chi connectivity index (χ1) is 20.0. The first-order valence-corrected chi connectivity index (χ1v) is 14.9. The molecular formula is C30H33N5O6S. The zero-order chi connectivity index (χ0) is 30.3. The quantitative estimate of drug-likeness (QED) is 0.168. The SMILES string of the molecule is CC(=N)Nc1cccc(CC(=O)Nc2ccc(CC(NC(=O)C3CCCN3S(=O)(=O)c3ccccc3)C(=O)O)cc2)c1. The predicted octanol–water partition coefficient (Wildman–Crippen LogP) is 3.24. The van der Waals surface area contributed by atoms with Crippen LogP contribution in [-0.4, -0.2) is 60.1 Å². The number of rotatable bonds is 11. The number of carboxylic acids is 1. The standard InChI is InChI=1S/C30H33N5O6S/c1-20(31)32-24-8-5-7-22(17-24)19-28(36)33-23-14-12-21(13-15-23)18-26(30(38)39)34-29(37)27-11-6-16-35(27)42(40,41)25-9-3-2-4-10-25/h2-5,7-10,12-15,17,26-27H,6,11,16,18-19H2,1H3,(H2,31,32)(H,33,36)(H,34,37)(H,38,39). The lowest BCUT2D eigenvalue weighted by Crippen LogP contribution is -2.51. The number of nitrogens with one attached hydrogen (secondary N) is 4.